The average Bonchev–Trinajstić information content (AvgIpc) is 3.43. The summed E-state index contributed by atoms with van der Waals surface area (Å²) in [5.41, 5.74) is 3.93. The number of hydrogen-bond donors (Lipinski definition) is 1. The van der Waals surface area contributed by atoms with Gasteiger partial charge in [-0.15, -0.1) is 0 Å². The first kappa shape index (κ1) is 19.1. The van der Waals surface area contributed by atoms with Gasteiger partial charge in [-0.2, -0.15) is 0 Å². The quantitative estimate of drug-likeness (QED) is 0.622. The molecule has 1 fully saturated rings. The Bertz CT molecular complexity index is 1130. The highest BCUT2D eigenvalue weighted by Gasteiger charge is 2.40. The van der Waals surface area contributed by atoms with E-state index in [1.807, 2.05) is 60.7 Å². The third-order valence-corrected chi connectivity index (χ3v) is 5.77. The van der Waals surface area contributed by atoms with Crippen molar-refractivity contribution in [2.75, 3.05) is 28.2 Å². The minimum atomic E-state index is -0.348. The van der Waals surface area contributed by atoms with Crippen molar-refractivity contribution < 1.29 is 9.59 Å². The smallest absolute Gasteiger partial charge is 0.282 e. The highest BCUT2D eigenvalue weighted by Crippen LogP contribution is 2.34. The van der Waals surface area contributed by atoms with Crippen LogP contribution in [0.25, 0.3) is 5.57 Å². The molecule has 0 saturated carbocycles. The second kappa shape index (κ2) is 8.11. The summed E-state index contributed by atoms with van der Waals surface area (Å²) in [6, 6.07) is 26.4. The Balaban J connectivity index is 1.50. The molecule has 2 aliphatic heterocycles. The monoisotopic (exact) mass is 409 g/mol. The number of para-hydroxylation sites is 1. The Labute approximate surface area is 181 Å². The molecule has 2 heterocycles. The highest BCUT2D eigenvalue weighted by atomic mass is 16.2. The largest absolute Gasteiger partial charge is 0.372 e. The molecule has 0 unspecified atom stereocenters. The molecule has 5 rings (SSSR count). The number of hydrogen-bond acceptors (Lipinski definition) is 4. The number of anilines is 3. The fourth-order valence-electron chi connectivity index (χ4n) is 4.21. The molecule has 5 nitrogen and oxygen atoms in total. The van der Waals surface area contributed by atoms with Crippen LogP contribution in [-0.4, -0.2) is 24.9 Å². The zero-order valence-electron chi connectivity index (χ0n) is 17.1. The molecular formula is C26H23N3O2. The van der Waals surface area contributed by atoms with Crippen molar-refractivity contribution in [1.29, 1.82) is 0 Å². The Hall–Kier alpha value is -3.86. The minimum Gasteiger partial charge on any atom is -0.372 e. The zero-order chi connectivity index (χ0) is 21.2. The number of nitrogens with one attached hydrogen (secondary N) is 1. The van der Waals surface area contributed by atoms with Crippen molar-refractivity contribution in [1.82, 2.24) is 0 Å². The van der Waals surface area contributed by atoms with E-state index in [0.717, 1.165) is 24.3 Å². The number of carbonyl (C=O) groups excluding carboxylic acids is 2. The van der Waals surface area contributed by atoms with Crippen LogP contribution < -0.4 is 15.1 Å². The third-order valence-electron chi connectivity index (χ3n) is 5.77. The van der Waals surface area contributed by atoms with Crippen LogP contribution in [0.1, 0.15) is 18.4 Å². The molecule has 0 aliphatic carbocycles. The lowest BCUT2D eigenvalue weighted by atomic mass is 10.0. The molecule has 0 aromatic heterocycles. The van der Waals surface area contributed by atoms with Crippen molar-refractivity contribution in [3.05, 3.63) is 96.2 Å². The number of nitrogens with zero attached hydrogens (tertiary/aromatic N) is 2. The molecule has 2 amide bonds. The predicted octanol–water partition coefficient (Wildman–Crippen LogP) is 4.68. The molecule has 1 saturated heterocycles. The Morgan fingerprint density at radius 3 is 1.90 bits per heavy atom. The number of rotatable bonds is 5. The van der Waals surface area contributed by atoms with E-state index in [9.17, 15) is 9.59 Å². The second-order valence-corrected chi connectivity index (χ2v) is 7.76. The summed E-state index contributed by atoms with van der Waals surface area (Å²) in [6.07, 6.45) is 2.44. The van der Waals surface area contributed by atoms with E-state index in [-0.39, 0.29) is 11.8 Å². The topological polar surface area (TPSA) is 52.7 Å². The lowest BCUT2D eigenvalue weighted by molar-refractivity contribution is -0.120. The number of benzene rings is 3. The number of imide groups is 1. The van der Waals surface area contributed by atoms with E-state index in [1.54, 1.807) is 12.1 Å². The maximum absolute atomic E-state index is 13.4. The Morgan fingerprint density at radius 1 is 0.645 bits per heavy atom. The molecule has 1 N–H and O–H groups in total. The van der Waals surface area contributed by atoms with E-state index in [2.05, 4.69) is 22.3 Å². The van der Waals surface area contributed by atoms with Gasteiger partial charge in [-0.25, -0.2) is 4.90 Å². The SMILES string of the molecule is O=C1C(Nc2ccc(N3CCCC3)cc2)=C(c2ccccc2)C(=O)N1c1ccccc1. The molecule has 154 valence electrons. The highest BCUT2D eigenvalue weighted by molar-refractivity contribution is 6.46. The van der Waals surface area contributed by atoms with Gasteiger partial charge in [0.1, 0.15) is 5.70 Å². The van der Waals surface area contributed by atoms with Crippen molar-refractivity contribution >= 4 is 34.4 Å². The van der Waals surface area contributed by atoms with Crippen LogP contribution in [-0.2, 0) is 9.59 Å². The predicted molar refractivity (Wildman–Crippen MR) is 124 cm³/mol. The van der Waals surface area contributed by atoms with Crippen LogP contribution in [0.5, 0.6) is 0 Å². The fraction of sp³-hybridized carbons (Fsp3) is 0.154. The fourth-order valence-corrected chi connectivity index (χ4v) is 4.21. The molecule has 0 radical (unpaired) electrons. The first-order valence-electron chi connectivity index (χ1n) is 10.6. The Morgan fingerprint density at radius 2 is 1.26 bits per heavy atom. The molecule has 0 spiro atoms. The molecule has 5 heteroatoms. The van der Waals surface area contributed by atoms with Crippen molar-refractivity contribution in [2.24, 2.45) is 0 Å². The van der Waals surface area contributed by atoms with Gasteiger partial charge >= 0.3 is 0 Å². The van der Waals surface area contributed by atoms with Crippen LogP contribution in [0.2, 0.25) is 0 Å². The van der Waals surface area contributed by atoms with Crippen LogP contribution >= 0.6 is 0 Å². The van der Waals surface area contributed by atoms with E-state index >= 15 is 0 Å². The maximum atomic E-state index is 13.4. The average molecular weight is 409 g/mol. The summed E-state index contributed by atoms with van der Waals surface area (Å²) in [5, 5.41) is 3.24. The van der Waals surface area contributed by atoms with E-state index in [4.69, 9.17) is 0 Å². The maximum Gasteiger partial charge on any atom is 0.282 e. The molecule has 31 heavy (non-hydrogen) atoms. The van der Waals surface area contributed by atoms with Crippen LogP contribution in [0.4, 0.5) is 17.1 Å². The summed E-state index contributed by atoms with van der Waals surface area (Å²) >= 11 is 0. The molecule has 2 aliphatic rings. The van der Waals surface area contributed by atoms with Gasteiger partial charge in [0.05, 0.1) is 11.3 Å². The van der Waals surface area contributed by atoms with Crippen LogP contribution in [0.15, 0.2) is 90.6 Å². The van der Waals surface area contributed by atoms with Gasteiger partial charge in [0.2, 0.25) is 0 Å². The van der Waals surface area contributed by atoms with E-state index < -0.39 is 0 Å². The zero-order valence-corrected chi connectivity index (χ0v) is 17.1. The molecule has 0 atom stereocenters. The van der Waals surface area contributed by atoms with Gasteiger partial charge < -0.3 is 10.2 Å². The van der Waals surface area contributed by atoms with Crippen molar-refractivity contribution in [3.8, 4) is 0 Å². The van der Waals surface area contributed by atoms with Gasteiger partial charge in [0, 0.05) is 24.5 Å². The summed E-state index contributed by atoms with van der Waals surface area (Å²) in [7, 11) is 0. The van der Waals surface area contributed by atoms with Gasteiger partial charge in [0.15, 0.2) is 0 Å². The molecule has 3 aromatic rings. The van der Waals surface area contributed by atoms with E-state index in [0.29, 0.717) is 17.0 Å². The van der Waals surface area contributed by atoms with Gasteiger partial charge in [-0.05, 0) is 54.8 Å². The molecule has 0 bridgehead atoms. The minimum absolute atomic E-state index is 0.300. The first-order valence-corrected chi connectivity index (χ1v) is 10.6. The number of carbonyl (C=O) groups is 2. The van der Waals surface area contributed by atoms with Gasteiger partial charge in [-0.1, -0.05) is 48.5 Å². The summed E-state index contributed by atoms with van der Waals surface area (Å²) in [5.74, 6) is -0.669. The van der Waals surface area contributed by atoms with E-state index in [1.165, 1.54) is 23.4 Å². The van der Waals surface area contributed by atoms with Crippen molar-refractivity contribution in [3.63, 3.8) is 0 Å². The lowest BCUT2D eigenvalue weighted by Crippen LogP contribution is -2.32. The first-order chi connectivity index (χ1) is 15.2. The van der Waals surface area contributed by atoms with Crippen LogP contribution in [0, 0.1) is 0 Å². The summed E-state index contributed by atoms with van der Waals surface area (Å²) in [6.45, 7) is 2.16. The molecular weight excluding hydrogens is 386 g/mol. The van der Waals surface area contributed by atoms with Gasteiger partial charge in [0.25, 0.3) is 11.8 Å². The Kier molecular flexibility index (Phi) is 5.00. The third kappa shape index (κ3) is 3.59. The lowest BCUT2D eigenvalue weighted by Gasteiger charge is -2.18. The summed E-state index contributed by atoms with van der Waals surface area (Å²) < 4.78 is 0. The summed E-state index contributed by atoms with van der Waals surface area (Å²) in [4.78, 5) is 30.3. The standard InChI is InChI=1S/C26H23N3O2/c30-25-23(19-9-3-1-4-10-19)24(26(31)29(25)22-11-5-2-6-12-22)27-20-13-15-21(16-14-20)28-17-7-8-18-28/h1-6,9-16,27H,7-8,17-18H2. The second-order valence-electron chi connectivity index (χ2n) is 7.76. The normalized spacial score (nSPS) is 16.4. The number of amides is 2. The van der Waals surface area contributed by atoms with Crippen molar-refractivity contribution in [2.45, 2.75) is 12.8 Å². The van der Waals surface area contributed by atoms with Gasteiger partial charge in [-0.3, -0.25) is 9.59 Å². The molecule has 3 aromatic carbocycles. The van der Waals surface area contributed by atoms with Crippen LogP contribution in [0.3, 0.4) is 0 Å².